The molecule has 1 saturated heterocycles. The van der Waals surface area contributed by atoms with Crippen molar-refractivity contribution in [1.29, 1.82) is 0 Å². The predicted octanol–water partition coefficient (Wildman–Crippen LogP) is 3.87. The Morgan fingerprint density at radius 3 is 2.92 bits per heavy atom. The summed E-state index contributed by atoms with van der Waals surface area (Å²) in [5.74, 6) is 1.16. The normalized spacial score (nSPS) is 18.5. The third-order valence-electron chi connectivity index (χ3n) is 4.58. The highest BCUT2D eigenvalue weighted by atomic mass is 16.5. The molecule has 2 aromatic rings. The Bertz CT molecular complexity index is 731. The van der Waals surface area contributed by atoms with E-state index in [4.69, 9.17) is 13.9 Å². The van der Waals surface area contributed by atoms with E-state index in [-0.39, 0.29) is 12.0 Å². The van der Waals surface area contributed by atoms with E-state index < -0.39 is 6.10 Å². The number of aryl methyl sites for hydroxylation is 2. The van der Waals surface area contributed by atoms with Gasteiger partial charge in [-0.05, 0) is 58.2 Å². The number of carbonyl (C=O) groups excluding carboxylic acids is 1. The highest BCUT2D eigenvalue weighted by Gasteiger charge is 2.19. The number of amides is 1. The minimum Gasteiger partial charge on any atom is -0.441 e. The molecular formula is C20H26N2O4. The van der Waals surface area contributed by atoms with Crippen LogP contribution in [0, 0.1) is 13.8 Å². The van der Waals surface area contributed by atoms with Gasteiger partial charge in [-0.3, -0.25) is 4.79 Å². The lowest BCUT2D eigenvalue weighted by atomic mass is 10.1. The second kappa shape index (κ2) is 8.47. The van der Waals surface area contributed by atoms with Gasteiger partial charge >= 0.3 is 0 Å². The molecule has 3 rings (SSSR count). The molecule has 1 aromatic heterocycles. The van der Waals surface area contributed by atoms with E-state index in [1.165, 1.54) is 0 Å². The Kier molecular flexibility index (Phi) is 6.06. The van der Waals surface area contributed by atoms with Crippen molar-refractivity contribution in [2.45, 2.75) is 52.2 Å². The molecule has 0 radical (unpaired) electrons. The monoisotopic (exact) mass is 358 g/mol. The maximum Gasteiger partial charge on any atom is 0.253 e. The fourth-order valence-electron chi connectivity index (χ4n) is 2.84. The van der Waals surface area contributed by atoms with E-state index in [1.54, 1.807) is 6.92 Å². The van der Waals surface area contributed by atoms with Crippen LogP contribution < -0.4 is 5.32 Å². The van der Waals surface area contributed by atoms with Gasteiger partial charge in [0.2, 0.25) is 5.89 Å². The van der Waals surface area contributed by atoms with Crippen LogP contribution in [0.4, 0.5) is 5.69 Å². The van der Waals surface area contributed by atoms with Crippen LogP contribution in [0.1, 0.15) is 37.6 Å². The van der Waals surface area contributed by atoms with Gasteiger partial charge in [0, 0.05) is 17.9 Å². The number of nitrogens with zero attached hydrogens (tertiary/aromatic N) is 1. The van der Waals surface area contributed by atoms with Crippen LogP contribution in [0.3, 0.4) is 0 Å². The molecule has 2 atom stereocenters. The number of ether oxygens (including phenoxy) is 2. The first-order valence-electron chi connectivity index (χ1n) is 9.11. The molecule has 0 spiro atoms. The van der Waals surface area contributed by atoms with Crippen LogP contribution in [-0.2, 0) is 14.3 Å². The third kappa shape index (κ3) is 4.71. The summed E-state index contributed by atoms with van der Waals surface area (Å²) in [5, 5.41) is 2.89. The smallest absolute Gasteiger partial charge is 0.253 e. The SMILES string of the molecule is Cc1nc(-c2cccc(NC(=O)C(C)OCC3CCCCO3)c2)oc1C. The summed E-state index contributed by atoms with van der Waals surface area (Å²) in [6.07, 6.45) is 2.80. The number of rotatable bonds is 6. The van der Waals surface area contributed by atoms with Crippen molar-refractivity contribution < 1.29 is 18.7 Å². The molecule has 6 nitrogen and oxygen atoms in total. The first-order valence-corrected chi connectivity index (χ1v) is 9.11. The standard InChI is InChI=1S/C20H26N2O4/c1-13-14(2)26-20(21-13)16-7-6-8-17(11-16)22-19(23)15(3)25-12-18-9-4-5-10-24-18/h6-8,11,15,18H,4-5,9-10,12H2,1-3H3,(H,22,23). The van der Waals surface area contributed by atoms with Crippen molar-refractivity contribution in [2.24, 2.45) is 0 Å². The van der Waals surface area contributed by atoms with E-state index in [9.17, 15) is 4.79 Å². The Labute approximate surface area is 153 Å². The molecule has 2 unspecified atom stereocenters. The molecule has 26 heavy (non-hydrogen) atoms. The van der Waals surface area contributed by atoms with E-state index in [1.807, 2.05) is 38.1 Å². The zero-order valence-electron chi connectivity index (χ0n) is 15.6. The van der Waals surface area contributed by atoms with Crippen LogP contribution in [-0.4, -0.2) is 36.3 Å². The van der Waals surface area contributed by atoms with E-state index in [2.05, 4.69) is 10.3 Å². The van der Waals surface area contributed by atoms with Crippen molar-refractivity contribution in [3.63, 3.8) is 0 Å². The van der Waals surface area contributed by atoms with Gasteiger partial charge < -0.3 is 19.2 Å². The lowest BCUT2D eigenvalue weighted by Crippen LogP contribution is -2.32. The summed E-state index contributed by atoms with van der Waals surface area (Å²) in [6, 6.07) is 7.45. The van der Waals surface area contributed by atoms with Gasteiger partial charge in [0.1, 0.15) is 11.9 Å². The van der Waals surface area contributed by atoms with Crippen molar-refractivity contribution >= 4 is 11.6 Å². The fraction of sp³-hybridized carbons (Fsp3) is 0.500. The first kappa shape index (κ1) is 18.6. The van der Waals surface area contributed by atoms with Crippen LogP contribution in [0.25, 0.3) is 11.5 Å². The fourth-order valence-corrected chi connectivity index (χ4v) is 2.84. The molecule has 1 aromatic carbocycles. The summed E-state index contributed by atoms with van der Waals surface area (Å²) in [5.41, 5.74) is 2.37. The first-order chi connectivity index (χ1) is 12.5. The summed E-state index contributed by atoms with van der Waals surface area (Å²) in [7, 11) is 0. The number of carbonyl (C=O) groups is 1. The predicted molar refractivity (Wildman–Crippen MR) is 99.0 cm³/mol. The number of hydrogen-bond donors (Lipinski definition) is 1. The van der Waals surface area contributed by atoms with Gasteiger partial charge in [0.25, 0.3) is 5.91 Å². The summed E-state index contributed by atoms with van der Waals surface area (Å²) < 4.78 is 17.0. The summed E-state index contributed by atoms with van der Waals surface area (Å²) in [6.45, 7) is 6.77. The summed E-state index contributed by atoms with van der Waals surface area (Å²) >= 11 is 0. The molecule has 6 heteroatoms. The molecule has 0 bridgehead atoms. The Morgan fingerprint density at radius 2 is 2.23 bits per heavy atom. The van der Waals surface area contributed by atoms with Gasteiger partial charge in [-0.1, -0.05) is 6.07 Å². The number of hydrogen-bond acceptors (Lipinski definition) is 5. The van der Waals surface area contributed by atoms with Crippen molar-refractivity contribution in [2.75, 3.05) is 18.5 Å². The average Bonchev–Trinajstić information content (AvgIpc) is 2.99. The number of benzene rings is 1. The highest BCUT2D eigenvalue weighted by molar-refractivity contribution is 5.94. The Morgan fingerprint density at radius 1 is 1.38 bits per heavy atom. The average molecular weight is 358 g/mol. The zero-order valence-corrected chi connectivity index (χ0v) is 15.6. The number of oxazole rings is 1. The Hall–Kier alpha value is -2.18. The molecular weight excluding hydrogens is 332 g/mol. The van der Waals surface area contributed by atoms with Crippen LogP contribution >= 0.6 is 0 Å². The largest absolute Gasteiger partial charge is 0.441 e. The molecule has 140 valence electrons. The molecule has 0 saturated carbocycles. The van der Waals surface area contributed by atoms with Crippen LogP contribution in [0.15, 0.2) is 28.7 Å². The van der Waals surface area contributed by atoms with Crippen LogP contribution in [0.2, 0.25) is 0 Å². The molecule has 0 aliphatic carbocycles. The van der Waals surface area contributed by atoms with E-state index in [0.29, 0.717) is 18.2 Å². The minimum atomic E-state index is -0.546. The van der Waals surface area contributed by atoms with Gasteiger partial charge in [0.15, 0.2) is 0 Å². The molecule has 1 aliphatic heterocycles. The Balaban J connectivity index is 1.57. The molecule has 1 aliphatic rings. The van der Waals surface area contributed by atoms with Gasteiger partial charge in [0.05, 0.1) is 18.4 Å². The lowest BCUT2D eigenvalue weighted by Gasteiger charge is -2.23. The second-order valence-corrected chi connectivity index (χ2v) is 6.69. The van der Waals surface area contributed by atoms with Crippen molar-refractivity contribution in [3.05, 3.63) is 35.7 Å². The summed E-state index contributed by atoms with van der Waals surface area (Å²) in [4.78, 5) is 16.8. The molecule has 1 N–H and O–H groups in total. The lowest BCUT2D eigenvalue weighted by molar-refractivity contribution is -0.130. The number of aromatic nitrogens is 1. The number of anilines is 1. The third-order valence-corrected chi connectivity index (χ3v) is 4.58. The molecule has 1 amide bonds. The van der Waals surface area contributed by atoms with E-state index in [0.717, 1.165) is 42.9 Å². The second-order valence-electron chi connectivity index (χ2n) is 6.69. The van der Waals surface area contributed by atoms with Gasteiger partial charge in [-0.2, -0.15) is 0 Å². The van der Waals surface area contributed by atoms with Crippen molar-refractivity contribution in [1.82, 2.24) is 4.98 Å². The van der Waals surface area contributed by atoms with E-state index >= 15 is 0 Å². The number of nitrogens with one attached hydrogen (secondary N) is 1. The maximum atomic E-state index is 12.4. The van der Waals surface area contributed by atoms with Crippen molar-refractivity contribution in [3.8, 4) is 11.5 Å². The van der Waals surface area contributed by atoms with Crippen LogP contribution in [0.5, 0.6) is 0 Å². The highest BCUT2D eigenvalue weighted by Crippen LogP contribution is 2.24. The minimum absolute atomic E-state index is 0.0961. The zero-order chi connectivity index (χ0) is 18.5. The molecule has 1 fully saturated rings. The van der Waals surface area contributed by atoms with Gasteiger partial charge in [-0.15, -0.1) is 0 Å². The van der Waals surface area contributed by atoms with Gasteiger partial charge in [-0.25, -0.2) is 4.98 Å². The maximum absolute atomic E-state index is 12.4. The molecule has 2 heterocycles. The quantitative estimate of drug-likeness (QED) is 0.848. The topological polar surface area (TPSA) is 73.6 Å².